The summed E-state index contributed by atoms with van der Waals surface area (Å²) in [6.45, 7) is 9.97. The highest BCUT2D eigenvalue weighted by Crippen LogP contribution is 2.31. The summed E-state index contributed by atoms with van der Waals surface area (Å²) in [6.07, 6.45) is 3.51. The number of nitrogens with zero attached hydrogens (tertiary/aromatic N) is 1. The molecule has 0 aliphatic carbocycles. The average molecular weight is 374 g/mol. The molecule has 1 aliphatic heterocycles. The minimum atomic E-state index is 0.252. The summed E-state index contributed by atoms with van der Waals surface area (Å²) in [7, 11) is 0. The average Bonchev–Trinajstić information content (AvgIpc) is 2.50. The number of hydrogen-bond acceptors (Lipinski definition) is 2. The van der Waals surface area contributed by atoms with Gasteiger partial charge in [-0.15, -0.1) is 0 Å². The van der Waals surface area contributed by atoms with Gasteiger partial charge in [-0.2, -0.15) is 0 Å². The van der Waals surface area contributed by atoms with Gasteiger partial charge in [0.15, 0.2) is 0 Å². The zero-order chi connectivity index (χ0) is 15.5. The lowest BCUT2D eigenvalue weighted by Crippen LogP contribution is -2.63. The van der Waals surface area contributed by atoms with Gasteiger partial charge >= 0.3 is 0 Å². The summed E-state index contributed by atoms with van der Waals surface area (Å²) in [6, 6.07) is 6.81. The molecule has 1 fully saturated rings. The van der Waals surface area contributed by atoms with E-state index in [1.807, 2.05) is 6.07 Å². The third-order valence-electron chi connectivity index (χ3n) is 5.02. The molecule has 1 aliphatic rings. The lowest BCUT2D eigenvalue weighted by molar-refractivity contribution is 0.0238. The van der Waals surface area contributed by atoms with E-state index in [2.05, 4.69) is 59.1 Å². The highest BCUT2D eigenvalue weighted by atomic mass is 79.9. The maximum Gasteiger partial charge on any atom is 0.0462 e. The molecule has 1 atom stereocenters. The van der Waals surface area contributed by atoms with E-state index in [0.29, 0.717) is 6.04 Å². The molecular weight excluding hydrogens is 348 g/mol. The van der Waals surface area contributed by atoms with Crippen molar-refractivity contribution >= 4 is 27.5 Å². The zero-order valence-corrected chi connectivity index (χ0v) is 15.6. The molecule has 0 amide bonds. The van der Waals surface area contributed by atoms with Crippen molar-refractivity contribution in [2.45, 2.75) is 58.2 Å². The number of halogens is 2. The van der Waals surface area contributed by atoms with Gasteiger partial charge in [0.1, 0.15) is 0 Å². The van der Waals surface area contributed by atoms with E-state index in [9.17, 15) is 0 Å². The highest BCUT2D eigenvalue weighted by Gasteiger charge is 2.38. The molecular formula is C17H26BrClN2. The molecule has 21 heavy (non-hydrogen) atoms. The smallest absolute Gasteiger partial charge is 0.0462 e. The van der Waals surface area contributed by atoms with Crippen molar-refractivity contribution in [3.05, 3.63) is 33.3 Å². The molecule has 0 spiro atoms. The summed E-state index contributed by atoms with van der Waals surface area (Å²) in [5.74, 6) is 0. The van der Waals surface area contributed by atoms with E-state index in [4.69, 9.17) is 11.6 Å². The molecule has 1 saturated heterocycles. The molecule has 4 heteroatoms. The van der Waals surface area contributed by atoms with Crippen LogP contribution in [0.2, 0.25) is 5.02 Å². The van der Waals surface area contributed by atoms with E-state index in [1.54, 1.807) is 0 Å². The van der Waals surface area contributed by atoms with Crippen molar-refractivity contribution in [1.29, 1.82) is 0 Å². The normalized spacial score (nSPS) is 22.4. The van der Waals surface area contributed by atoms with Crippen molar-refractivity contribution in [1.82, 2.24) is 10.2 Å². The van der Waals surface area contributed by atoms with Crippen molar-refractivity contribution in [2.24, 2.45) is 0 Å². The van der Waals surface area contributed by atoms with Crippen LogP contribution in [0.5, 0.6) is 0 Å². The van der Waals surface area contributed by atoms with Gasteiger partial charge in [0.2, 0.25) is 0 Å². The molecule has 1 unspecified atom stereocenters. The molecule has 0 aromatic heterocycles. The third kappa shape index (κ3) is 3.82. The predicted octanol–water partition coefficient (Wildman–Crippen LogP) is 4.85. The summed E-state index contributed by atoms with van der Waals surface area (Å²) < 4.78 is 1.04. The van der Waals surface area contributed by atoms with E-state index in [1.165, 1.54) is 24.8 Å². The second-order valence-electron chi connectivity index (χ2n) is 6.03. The summed E-state index contributed by atoms with van der Waals surface area (Å²) >= 11 is 9.91. The Hall–Kier alpha value is -0.0900. The fourth-order valence-corrected chi connectivity index (χ4v) is 4.01. The quantitative estimate of drug-likeness (QED) is 0.794. The van der Waals surface area contributed by atoms with E-state index in [-0.39, 0.29) is 5.54 Å². The summed E-state index contributed by atoms with van der Waals surface area (Å²) in [5, 5.41) is 4.58. The van der Waals surface area contributed by atoms with Crippen LogP contribution in [0.4, 0.5) is 0 Å². The number of piperazine rings is 1. The van der Waals surface area contributed by atoms with Gasteiger partial charge in [0.05, 0.1) is 0 Å². The lowest BCUT2D eigenvalue weighted by Gasteiger charge is -2.50. The maximum absolute atomic E-state index is 6.43. The second kappa shape index (κ2) is 7.45. The van der Waals surface area contributed by atoms with Crippen LogP contribution in [-0.2, 0) is 6.54 Å². The fourth-order valence-electron chi connectivity index (χ4n) is 3.28. The zero-order valence-electron chi connectivity index (χ0n) is 13.3. The molecule has 118 valence electrons. The highest BCUT2D eigenvalue weighted by molar-refractivity contribution is 9.10. The van der Waals surface area contributed by atoms with Gasteiger partial charge in [0, 0.05) is 40.7 Å². The van der Waals surface area contributed by atoms with Gasteiger partial charge < -0.3 is 5.32 Å². The van der Waals surface area contributed by atoms with Crippen molar-refractivity contribution < 1.29 is 0 Å². The van der Waals surface area contributed by atoms with Crippen molar-refractivity contribution in [3.63, 3.8) is 0 Å². The van der Waals surface area contributed by atoms with E-state index >= 15 is 0 Å². The monoisotopic (exact) mass is 372 g/mol. The minimum absolute atomic E-state index is 0.252. The Balaban J connectivity index is 2.23. The van der Waals surface area contributed by atoms with Crippen molar-refractivity contribution in [3.8, 4) is 0 Å². The molecule has 1 heterocycles. The molecule has 0 saturated carbocycles. The third-order valence-corrected chi connectivity index (χ3v) is 5.86. The molecule has 2 rings (SSSR count). The summed E-state index contributed by atoms with van der Waals surface area (Å²) in [5.41, 5.74) is 1.48. The largest absolute Gasteiger partial charge is 0.311 e. The van der Waals surface area contributed by atoms with Gasteiger partial charge in [-0.25, -0.2) is 0 Å². The Labute approximate surface area is 142 Å². The molecule has 1 N–H and O–H groups in total. The first-order valence-corrected chi connectivity index (χ1v) is 9.14. The molecule has 0 radical (unpaired) electrons. The fraction of sp³-hybridized carbons (Fsp3) is 0.647. The second-order valence-corrected chi connectivity index (χ2v) is 7.36. The van der Waals surface area contributed by atoms with Crippen LogP contribution in [0.3, 0.4) is 0 Å². The SMILES string of the molecule is CCC1CN(Cc2ccc(Br)cc2Cl)C(CC)(CC)CN1. The van der Waals surface area contributed by atoms with E-state index < -0.39 is 0 Å². The van der Waals surface area contributed by atoms with Crippen LogP contribution in [-0.4, -0.2) is 29.6 Å². The van der Waals surface area contributed by atoms with Crippen LogP contribution in [0.25, 0.3) is 0 Å². The first-order valence-electron chi connectivity index (χ1n) is 7.97. The molecule has 1 aromatic carbocycles. The first-order chi connectivity index (χ1) is 10.0. The van der Waals surface area contributed by atoms with Gasteiger partial charge in [-0.05, 0) is 37.0 Å². The van der Waals surface area contributed by atoms with Gasteiger partial charge in [-0.1, -0.05) is 54.4 Å². The van der Waals surface area contributed by atoms with Crippen LogP contribution >= 0.6 is 27.5 Å². The summed E-state index contributed by atoms with van der Waals surface area (Å²) in [4.78, 5) is 2.65. The van der Waals surface area contributed by atoms with Crippen LogP contribution in [0.15, 0.2) is 22.7 Å². The number of benzene rings is 1. The van der Waals surface area contributed by atoms with Crippen LogP contribution in [0, 0.1) is 0 Å². The van der Waals surface area contributed by atoms with Crippen LogP contribution in [0.1, 0.15) is 45.6 Å². The lowest BCUT2D eigenvalue weighted by atomic mass is 9.86. The predicted molar refractivity (Wildman–Crippen MR) is 95.0 cm³/mol. The number of rotatable bonds is 5. The Kier molecular flexibility index (Phi) is 6.13. The van der Waals surface area contributed by atoms with E-state index in [0.717, 1.165) is 29.1 Å². The first kappa shape index (κ1) is 17.3. The molecule has 0 bridgehead atoms. The van der Waals surface area contributed by atoms with Gasteiger partial charge in [0.25, 0.3) is 0 Å². The van der Waals surface area contributed by atoms with Crippen molar-refractivity contribution in [2.75, 3.05) is 13.1 Å². The molecule has 2 nitrogen and oxygen atoms in total. The van der Waals surface area contributed by atoms with Crippen LogP contribution < -0.4 is 5.32 Å². The number of hydrogen-bond donors (Lipinski definition) is 1. The topological polar surface area (TPSA) is 15.3 Å². The Morgan fingerprint density at radius 2 is 2.05 bits per heavy atom. The minimum Gasteiger partial charge on any atom is -0.311 e. The maximum atomic E-state index is 6.43. The number of nitrogens with one attached hydrogen (secondary N) is 1. The standard InChI is InChI=1S/C17H26BrClN2/c1-4-15-11-21(17(5-2,6-3)12-20-15)10-13-7-8-14(18)9-16(13)19/h7-9,15,20H,4-6,10-12H2,1-3H3. The Bertz CT molecular complexity index is 474. The molecule has 1 aromatic rings. The van der Waals surface area contributed by atoms with Gasteiger partial charge in [-0.3, -0.25) is 4.90 Å². The Morgan fingerprint density at radius 1 is 1.33 bits per heavy atom. The Morgan fingerprint density at radius 3 is 2.62 bits per heavy atom.